The lowest BCUT2D eigenvalue weighted by molar-refractivity contribution is 0.0937. The Labute approximate surface area is 183 Å². The number of amides is 1. The number of carbonyl (C=O) groups is 1. The number of benzene rings is 3. The van der Waals surface area contributed by atoms with Crippen LogP contribution < -0.4 is 5.32 Å². The van der Waals surface area contributed by atoms with Crippen molar-refractivity contribution in [3.05, 3.63) is 96.6 Å². The maximum absolute atomic E-state index is 12.6. The summed E-state index contributed by atoms with van der Waals surface area (Å²) in [4.78, 5) is 21.0. The van der Waals surface area contributed by atoms with Crippen LogP contribution in [0.2, 0.25) is 0 Å². The third kappa shape index (κ3) is 3.79. The van der Waals surface area contributed by atoms with Gasteiger partial charge in [0, 0.05) is 29.9 Å². The average molecular weight is 422 g/mol. The first kappa shape index (κ1) is 19.4. The van der Waals surface area contributed by atoms with Crippen molar-refractivity contribution < 1.29 is 14.4 Å². The minimum Gasteiger partial charge on any atom is -0.508 e. The van der Waals surface area contributed by atoms with Gasteiger partial charge in [-0.25, -0.2) is 0 Å². The molecular formula is C25H18N4O3. The maximum Gasteiger partial charge on any atom is 0.292 e. The molecule has 0 saturated carbocycles. The van der Waals surface area contributed by atoms with Gasteiger partial charge in [0.05, 0.1) is 0 Å². The smallest absolute Gasteiger partial charge is 0.292 e. The van der Waals surface area contributed by atoms with Gasteiger partial charge in [-0.05, 0) is 52.4 Å². The number of pyridine rings is 1. The van der Waals surface area contributed by atoms with Gasteiger partial charge >= 0.3 is 0 Å². The summed E-state index contributed by atoms with van der Waals surface area (Å²) in [6.07, 6.45) is 3.49. The lowest BCUT2D eigenvalue weighted by atomic mass is 9.96. The molecule has 1 amide bonds. The molecule has 0 radical (unpaired) electrons. The van der Waals surface area contributed by atoms with Crippen LogP contribution >= 0.6 is 0 Å². The average Bonchev–Trinajstić information content (AvgIpc) is 3.33. The third-order valence-corrected chi connectivity index (χ3v) is 5.15. The molecular weight excluding hydrogens is 404 g/mol. The highest BCUT2D eigenvalue weighted by Crippen LogP contribution is 2.32. The van der Waals surface area contributed by atoms with E-state index in [0.717, 1.165) is 33.0 Å². The summed E-state index contributed by atoms with van der Waals surface area (Å²) >= 11 is 0. The Morgan fingerprint density at radius 2 is 1.78 bits per heavy atom. The summed E-state index contributed by atoms with van der Waals surface area (Å²) in [5, 5.41) is 18.4. The number of hydrogen-bond donors (Lipinski definition) is 2. The largest absolute Gasteiger partial charge is 0.508 e. The molecule has 156 valence electrons. The fraction of sp³-hybridized carbons (Fsp3) is 0.0400. The summed E-state index contributed by atoms with van der Waals surface area (Å²) in [5.74, 6) is 0.0459. The molecule has 0 saturated heterocycles. The summed E-state index contributed by atoms with van der Waals surface area (Å²) in [5.41, 5.74) is 3.52. The van der Waals surface area contributed by atoms with E-state index in [9.17, 15) is 9.90 Å². The van der Waals surface area contributed by atoms with Crippen LogP contribution in [0.25, 0.3) is 33.4 Å². The summed E-state index contributed by atoms with van der Waals surface area (Å²) in [7, 11) is 0. The van der Waals surface area contributed by atoms with E-state index in [1.807, 2.05) is 54.6 Å². The number of fused-ring (bicyclic) bond motifs is 1. The molecule has 0 aliphatic rings. The molecule has 5 aromatic rings. The van der Waals surface area contributed by atoms with Crippen LogP contribution in [0, 0.1) is 0 Å². The van der Waals surface area contributed by atoms with Crippen LogP contribution in [0.15, 0.2) is 89.7 Å². The van der Waals surface area contributed by atoms with E-state index in [0.29, 0.717) is 5.89 Å². The van der Waals surface area contributed by atoms with Gasteiger partial charge in [-0.1, -0.05) is 47.6 Å². The van der Waals surface area contributed by atoms with Crippen molar-refractivity contribution >= 4 is 16.7 Å². The van der Waals surface area contributed by atoms with Gasteiger partial charge in [0.25, 0.3) is 17.6 Å². The summed E-state index contributed by atoms with van der Waals surface area (Å²) < 4.78 is 5.22. The van der Waals surface area contributed by atoms with Crippen LogP contribution in [0.5, 0.6) is 5.75 Å². The molecule has 2 aromatic heterocycles. The number of rotatable bonds is 5. The summed E-state index contributed by atoms with van der Waals surface area (Å²) in [6.45, 7) is 0.274. The van der Waals surface area contributed by atoms with Gasteiger partial charge in [-0.15, -0.1) is 0 Å². The van der Waals surface area contributed by atoms with Gasteiger partial charge < -0.3 is 14.9 Å². The first-order valence-electron chi connectivity index (χ1n) is 10.0. The zero-order valence-corrected chi connectivity index (χ0v) is 16.9. The standard InChI is InChI=1S/C25H18N4O3/c30-19-8-4-7-17(13-19)20-10-9-18(22-15-26-12-11-21(20)22)14-27-24(31)23-28-25(32-29-23)16-5-2-1-3-6-16/h1-13,15,30H,14H2,(H,27,31). The second-order valence-corrected chi connectivity index (χ2v) is 7.22. The first-order chi connectivity index (χ1) is 15.7. The van der Waals surface area contributed by atoms with Crippen LogP contribution in [0.3, 0.4) is 0 Å². The van der Waals surface area contributed by atoms with Crippen molar-refractivity contribution in [2.45, 2.75) is 6.54 Å². The second-order valence-electron chi connectivity index (χ2n) is 7.22. The van der Waals surface area contributed by atoms with Crippen molar-refractivity contribution in [2.75, 3.05) is 0 Å². The zero-order chi connectivity index (χ0) is 21.9. The van der Waals surface area contributed by atoms with E-state index in [4.69, 9.17) is 4.52 Å². The monoisotopic (exact) mass is 422 g/mol. The highest BCUT2D eigenvalue weighted by Gasteiger charge is 2.16. The summed E-state index contributed by atoms with van der Waals surface area (Å²) in [6, 6.07) is 22.2. The molecule has 0 unspecified atom stereocenters. The molecule has 0 atom stereocenters. The minimum atomic E-state index is -0.426. The number of nitrogens with one attached hydrogen (secondary N) is 1. The van der Waals surface area contributed by atoms with Crippen LogP contribution in [0.1, 0.15) is 16.2 Å². The molecule has 7 nitrogen and oxygen atoms in total. The highest BCUT2D eigenvalue weighted by atomic mass is 16.5. The highest BCUT2D eigenvalue weighted by molar-refractivity contribution is 5.98. The topological polar surface area (TPSA) is 101 Å². The van der Waals surface area contributed by atoms with Crippen LogP contribution in [-0.2, 0) is 6.54 Å². The second kappa shape index (κ2) is 8.31. The molecule has 0 bridgehead atoms. The number of phenolic OH excluding ortho intramolecular Hbond substituents is 1. The van der Waals surface area contributed by atoms with Gasteiger partial charge in [0.15, 0.2) is 0 Å². The van der Waals surface area contributed by atoms with Gasteiger partial charge in [0.2, 0.25) is 0 Å². The number of nitrogens with zero attached hydrogens (tertiary/aromatic N) is 3. The molecule has 0 fully saturated rings. The Morgan fingerprint density at radius 1 is 0.938 bits per heavy atom. The number of aromatic hydroxyl groups is 1. The molecule has 0 aliphatic heterocycles. The van der Waals surface area contributed by atoms with Gasteiger partial charge in [-0.3, -0.25) is 9.78 Å². The fourth-order valence-corrected chi connectivity index (χ4v) is 3.60. The molecule has 0 aliphatic carbocycles. The molecule has 2 N–H and O–H groups in total. The molecule has 7 heteroatoms. The molecule has 2 heterocycles. The third-order valence-electron chi connectivity index (χ3n) is 5.15. The lowest BCUT2D eigenvalue weighted by Crippen LogP contribution is -2.24. The Bertz CT molecular complexity index is 1410. The zero-order valence-electron chi connectivity index (χ0n) is 16.9. The molecule has 3 aromatic carbocycles. The predicted molar refractivity (Wildman–Crippen MR) is 120 cm³/mol. The van der Waals surface area contributed by atoms with Crippen molar-refractivity contribution in [3.63, 3.8) is 0 Å². The van der Waals surface area contributed by atoms with Crippen LogP contribution in [-0.4, -0.2) is 26.1 Å². The number of aromatic nitrogens is 3. The Balaban J connectivity index is 1.39. The Morgan fingerprint density at radius 3 is 2.62 bits per heavy atom. The van der Waals surface area contributed by atoms with E-state index >= 15 is 0 Å². The van der Waals surface area contributed by atoms with E-state index < -0.39 is 5.91 Å². The fourth-order valence-electron chi connectivity index (χ4n) is 3.60. The van der Waals surface area contributed by atoms with Crippen molar-refractivity contribution in [3.8, 4) is 28.3 Å². The Hall–Kier alpha value is -4.52. The predicted octanol–water partition coefficient (Wildman–Crippen LogP) is 4.59. The van der Waals surface area contributed by atoms with Gasteiger partial charge in [0.1, 0.15) is 5.75 Å². The van der Waals surface area contributed by atoms with Crippen LogP contribution in [0.4, 0.5) is 0 Å². The Kier molecular flexibility index (Phi) is 5.05. The van der Waals surface area contributed by atoms with Crippen molar-refractivity contribution in [2.24, 2.45) is 0 Å². The quantitative estimate of drug-likeness (QED) is 0.430. The maximum atomic E-state index is 12.6. The normalized spacial score (nSPS) is 10.9. The number of phenols is 1. The van der Waals surface area contributed by atoms with Gasteiger partial charge in [-0.2, -0.15) is 4.98 Å². The molecule has 32 heavy (non-hydrogen) atoms. The minimum absolute atomic E-state index is 0.0253. The van der Waals surface area contributed by atoms with E-state index in [2.05, 4.69) is 20.4 Å². The van der Waals surface area contributed by atoms with E-state index in [1.165, 1.54) is 0 Å². The van der Waals surface area contributed by atoms with E-state index in [-0.39, 0.29) is 18.1 Å². The lowest BCUT2D eigenvalue weighted by Gasteiger charge is -2.12. The SMILES string of the molecule is O=C(NCc1ccc(-c2cccc(O)c2)c2ccncc12)c1noc(-c2ccccc2)n1. The molecule has 0 spiro atoms. The van der Waals surface area contributed by atoms with Crippen molar-refractivity contribution in [1.29, 1.82) is 0 Å². The number of hydrogen-bond acceptors (Lipinski definition) is 6. The molecule has 5 rings (SSSR count). The number of carbonyl (C=O) groups excluding carboxylic acids is 1. The van der Waals surface area contributed by atoms with Crippen molar-refractivity contribution in [1.82, 2.24) is 20.4 Å². The first-order valence-corrected chi connectivity index (χ1v) is 10.0. The van der Waals surface area contributed by atoms with E-state index in [1.54, 1.807) is 30.6 Å².